The van der Waals surface area contributed by atoms with E-state index in [4.69, 9.17) is 11.0 Å². The van der Waals surface area contributed by atoms with Crippen molar-refractivity contribution in [2.45, 2.75) is 26.2 Å². The van der Waals surface area contributed by atoms with Crippen LogP contribution >= 0.6 is 0 Å². The molecule has 24 heavy (non-hydrogen) atoms. The highest BCUT2D eigenvalue weighted by molar-refractivity contribution is 5.86. The minimum absolute atomic E-state index is 0.0803. The number of carbonyl (C=O) groups excluding carboxylic acids is 2. The average molecular weight is 324 g/mol. The zero-order valence-corrected chi connectivity index (χ0v) is 13.6. The van der Waals surface area contributed by atoms with E-state index in [-0.39, 0.29) is 17.7 Å². The van der Waals surface area contributed by atoms with Gasteiger partial charge >= 0.3 is 0 Å². The van der Waals surface area contributed by atoms with Crippen molar-refractivity contribution in [2.24, 2.45) is 11.7 Å². The minimum Gasteiger partial charge on any atom is -0.369 e. The van der Waals surface area contributed by atoms with E-state index < -0.39 is 0 Å². The molecule has 1 aromatic heterocycles. The highest BCUT2D eigenvalue weighted by atomic mass is 16.2. The second kappa shape index (κ2) is 6.36. The number of benzene rings is 1. The quantitative estimate of drug-likeness (QED) is 0.893. The molecule has 0 aliphatic carbocycles. The number of amides is 2. The van der Waals surface area contributed by atoms with Crippen molar-refractivity contribution in [3.8, 4) is 6.07 Å². The Morgan fingerprint density at radius 3 is 3.00 bits per heavy atom. The summed E-state index contributed by atoms with van der Waals surface area (Å²) in [5.74, 6) is -0.499. The van der Waals surface area contributed by atoms with Gasteiger partial charge in [-0.2, -0.15) is 5.26 Å². The lowest BCUT2D eigenvalue weighted by Gasteiger charge is -2.31. The second-order valence-electron chi connectivity index (χ2n) is 6.33. The van der Waals surface area contributed by atoms with Gasteiger partial charge in [-0.05, 0) is 37.5 Å². The summed E-state index contributed by atoms with van der Waals surface area (Å²) in [6.45, 7) is 2.97. The Bertz CT molecular complexity index is 847. The normalized spacial score (nSPS) is 17.9. The summed E-state index contributed by atoms with van der Waals surface area (Å²) in [4.78, 5) is 28.5. The molecular weight excluding hydrogens is 304 g/mol. The number of carbonyl (C=O) groups is 2. The Morgan fingerprint density at radius 1 is 1.50 bits per heavy atom. The summed E-state index contributed by atoms with van der Waals surface area (Å²) in [6, 6.07) is 7.71. The fourth-order valence-electron chi connectivity index (χ4n) is 3.39. The second-order valence-corrected chi connectivity index (χ2v) is 6.33. The van der Waals surface area contributed by atoms with Crippen molar-refractivity contribution in [2.75, 3.05) is 13.1 Å². The summed E-state index contributed by atoms with van der Waals surface area (Å²) < 4.78 is 0. The molecule has 6 heteroatoms. The van der Waals surface area contributed by atoms with Gasteiger partial charge in [-0.3, -0.25) is 9.59 Å². The molecule has 3 N–H and O–H groups in total. The van der Waals surface area contributed by atoms with Crippen LogP contribution in [0.25, 0.3) is 10.9 Å². The number of aromatic amines is 1. The molecule has 1 aliphatic heterocycles. The van der Waals surface area contributed by atoms with Crippen LogP contribution in [0.1, 0.15) is 29.7 Å². The number of H-pyrrole nitrogens is 1. The number of piperidine rings is 1. The lowest BCUT2D eigenvalue weighted by atomic mass is 9.96. The molecule has 0 bridgehead atoms. The van der Waals surface area contributed by atoms with E-state index in [0.717, 1.165) is 22.2 Å². The van der Waals surface area contributed by atoms with Gasteiger partial charge in [0.15, 0.2) is 0 Å². The number of aromatic nitrogens is 1. The van der Waals surface area contributed by atoms with E-state index >= 15 is 0 Å². The van der Waals surface area contributed by atoms with Gasteiger partial charge in [0.25, 0.3) is 0 Å². The van der Waals surface area contributed by atoms with Crippen LogP contribution in [0.4, 0.5) is 0 Å². The SMILES string of the molecule is Cc1[nH]c2cc(C#N)ccc2c1CCN1C[C@@H](C(N)=O)CCC1=O. The molecule has 2 amide bonds. The van der Waals surface area contributed by atoms with E-state index in [2.05, 4.69) is 11.1 Å². The van der Waals surface area contributed by atoms with Crippen LogP contribution in [0.5, 0.6) is 0 Å². The van der Waals surface area contributed by atoms with Crippen molar-refractivity contribution >= 4 is 22.7 Å². The first kappa shape index (κ1) is 16.1. The zero-order chi connectivity index (χ0) is 17.3. The van der Waals surface area contributed by atoms with Crippen molar-refractivity contribution < 1.29 is 9.59 Å². The number of fused-ring (bicyclic) bond motifs is 1. The number of nitrogens with zero attached hydrogens (tertiary/aromatic N) is 2. The maximum absolute atomic E-state index is 12.1. The van der Waals surface area contributed by atoms with Crippen molar-refractivity contribution in [3.05, 3.63) is 35.0 Å². The van der Waals surface area contributed by atoms with Crippen molar-refractivity contribution in [3.63, 3.8) is 0 Å². The summed E-state index contributed by atoms with van der Waals surface area (Å²) in [7, 11) is 0. The number of rotatable bonds is 4. The van der Waals surface area contributed by atoms with Gasteiger partial charge in [-0.25, -0.2) is 0 Å². The van der Waals surface area contributed by atoms with E-state index in [1.807, 2.05) is 19.1 Å². The molecule has 3 rings (SSSR count). The third kappa shape index (κ3) is 2.98. The van der Waals surface area contributed by atoms with Gasteiger partial charge in [0.2, 0.25) is 11.8 Å². The molecule has 124 valence electrons. The predicted molar refractivity (Wildman–Crippen MR) is 90.0 cm³/mol. The number of primary amides is 1. The number of nitrogens with two attached hydrogens (primary N) is 1. The van der Waals surface area contributed by atoms with Crippen LogP contribution in [-0.2, 0) is 16.0 Å². The molecule has 1 aromatic carbocycles. The number of aryl methyl sites for hydroxylation is 1. The smallest absolute Gasteiger partial charge is 0.222 e. The monoisotopic (exact) mass is 324 g/mol. The molecule has 1 saturated heterocycles. The highest BCUT2D eigenvalue weighted by Crippen LogP contribution is 2.25. The van der Waals surface area contributed by atoms with Gasteiger partial charge in [-0.15, -0.1) is 0 Å². The molecule has 0 saturated carbocycles. The minimum atomic E-state index is -0.334. The Morgan fingerprint density at radius 2 is 2.29 bits per heavy atom. The summed E-state index contributed by atoms with van der Waals surface area (Å²) in [5.41, 5.74) is 9.11. The molecule has 0 spiro atoms. The van der Waals surface area contributed by atoms with E-state index in [1.165, 1.54) is 0 Å². The molecule has 1 aliphatic rings. The first-order valence-corrected chi connectivity index (χ1v) is 8.08. The summed E-state index contributed by atoms with van der Waals surface area (Å²) >= 11 is 0. The third-order valence-corrected chi connectivity index (χ3v) is 4.78. The topological polar surface area (TPSA) is 103 Å². The predicted octanol–water partition coefficient (Wildman–Crippen LogP) is 1.61. The van der Waals surface area contributed by atoms with Crippen molar-refractivity contribution in [1.29, 1.82) is 5.26 Å². The molecule has 1 fully saturated rings. The summed E-state index contributed by atoms with van der Waals surface area (Å²) in [6.07, 6.45) is 1.63. The van der Waals surface area contributed by atoms with Gasteiger partial charge in [0.1, 0.15) is 0 Å². The van der Waals surface area contributed by atoms with Gasteiger partial charge in [-0.1, -0.05) is 6.07 Å². The Hall–Kier alpha value is -2.81. The zero-order valence-electron chi connectivity index (χ0n) is 13.6. The van der Waals surface area contributed by atoms with Gasteiger partial charge < -0.3 is 15.6 Å². The van der Waals surface area contributed by atoms with Gasteiger partial charge in [0, 0.05) is 36.1 Å². The van der Waals surface area contributed by atoms with E-state index in [0.29, 0.717) is 37.9 Å². The Kier molecular flexibility index (Phi) is 4.26. The molecule has 0 radical (unpaired) electrons. The first-order chi connectivity index (χ1) is 11.5. The number of nitrogens with one attached hydrogen (secondary N) is 1. The van der Waals surface area contributed by atoms with Crippen LogP contribution in [-0.4, -0.2) is 34.8 Å². The fraction of sp³-hybridized carbons (Fsp3) is 0.389. The first-order valence-electron chi connectivity index (χ1n) is 8.08. The van der Waals surface area contributed by atoms with E-state index in [9.17, 15) is 9.59 Å². The number of nitriles is 1. The third-order valence-electron chi connectivity index (χ3n) is 4.78. The lowest BCUT2D eigenvalue weighted by Crippen LogP contribution is -2.45. The number of likely N-dealkylation sites (tertiary alicyclic amines) is 1. The lowest BCUT2D eigenvalue weighted by molar-refractivity contribution is -0.137. The molecule has 1 atom stereocenters. The molecule has 2 heterocycles. The average Bonchev–Trinajstić information content (AvgIpc) is 2.88. The van der Waals surface area contributed by atoms with Gasteiger partial charge in [0.05, 0.1) is 17.6 Å². The summed E-state index contributed by atoms with van der Waals surface area (Å²) in [5, 5.41) is 10.1. The van der Waals surface area contributed by atoms with Crippen LogP contribution in [0.2, 0.25) is 0 Å². The standard InChI is InChI=1S/C18H20N4O2/c1-11-14(15-4-2-12(9-19)8-16(15)21-11)6-7-22-10-13(18(20)24)3-5-17(22)23/h2,4,8,13,21H,3,5-7,10H2,1H3,(H2,20,24)/t13-/m0/s1. The number of hydrogen-bond donors (Lipinski definition) is 2. The van der Waals surface area contributed by atoms with E-state index in [1.54, 1.807) is 11.0 Å². The number of hydrogen-bond acceptors (Lipinski definition) is 3. The molecule has 6 nitrogen and oxygen atoms in total. The maximum atomic E-state index is 12.1. The maximum Gasteiger partial charge on any atom is 0.222 e. The molecule has 0 unspecified atom stereocenters. The molecule has 2 aromatic rings. The molecular formula is C18H20N4O2. The van der Waals surface area contributed by atoms with Crippen molar-refractivity contribution in [1.82, 2.24) is 9.88 Å². The Labute approximate surface area is 140 Å². The van der Waals surface area contributed by atoms with Crippen LogP contribution in [0.15, 0.2) is 18.2 Å². The fourth-order valence-corrected chi connectivity index (χ4v) is 3.39. The van der Waals surface area contributed by atoms with Crippen LogP contribution in [0.3, 0.4) is 0 Å². The van der Waals surface area contributed by atoms with Crippen LogP contribution in [0, 0.1) is 24.2 Å². The Balaban J connectivity index is 1.78. The highest BCUT2D eigenvalue weighted by Gasteiger charge is 2.28. The largest absolute Gasteiger partial charge is 0.369 e. The van der Waals surface area contributed by atoms with Crippen LogP contribution < -0.4 is 5.73 Å².